The van der Waals surface area contributed by atoms with Gasteiger partial charge >= 0.3 is 0 Å². The molecule has 164 valence electrons. The molecular formula is C26H36ClNO2. The number of halogens is 1. The van der Waals surface area contributed by atoms with E-state index in [-0.39, 0.29) is 23.8 Å². The highest BCUT2D eigenvalue weighted by Gasteiger charge is 2.40. The predicted octanol–water partition coefficient (Wildman–Crippen LogP) is 6.96. The molecule has 0 aliphatic carbocycles. The molecule has 0 saturated carbocycles. The van der Waals surface area contributed by atoms with Crippen LogP contribution in [0.1, 0.15) is 63.6 Å². The van der Waals surface area contributed by atoms with E-state index in [1.165, 1.54) is 24.8 Å². The van der Waals surface area contributed by atoms with Crippen LogP contribution in [0, 0.1) is 12.3 Å². The molecule has 3 nitrogen and oxygen atoms in total. The highest BCUT2D eigenvalue weighted by molar-refractivity contribution is 6.31. The summed E-state index contributed by atoms with van der Waals surface area (Å²) in [6, 6.07) is 4.16. The standard InChI is InChI=1S/C21H24ClNO2.C5H12/c1-12-7-19-16-9-18(22)13(2)6-15(16)8-20(21(4,5)11-24)23(19)10-17(12)14(3)25;1-3-5-4-2/h6-7,9-10,20,24-25H,1,3,8,11H2,2,4-5H3;3-5H2,1-2H3. The van der Waals surface area contributed by atoms with Gasteiger partial charge in [-0.25, -0.2) is 0 Å². The fraction of sp³-hybridized carbons (Fsp3) is 0.462. The number of hydrogen-bond donors (Lipinski definition) is 2. The lowest BCUT2D eigenvalue weighted by molar-refractivity contribution is 0.0826. The van der Waals surface area contributed by atoms with Gasteiger partial charge in [0.25, 0.3) is 0 Å². The Kier molecular flexibility index (Phi) is 8.01. The number of rotatable bonds is 5. The van der Waals surface area contributed by atoms with E-state index in [0.29, 0.717) is 11.1 Å². The molecule has 2 heterocycles. The van der Waals surface area contributed by atoms with E-state index in [0.717, 1.165) is 28.3 Å². The highest BCUT2D eigenvalue weighted by Crippen LogP contribution is 2.44. The zero-order valence-electron chi connectivity index (χ0n) is 19.1. The fourth-order valence-electron chi connectivity index (χ4n) is 3.91. The molecule has 3 rings (SSSR count). The van der Waals surface area contributed by atoms with E-state index in [1.807, 2.05) is 39.1 Å². The van der Waals surface area contributed by atoms with Gasteiger partial charge in [0.1, 0.15) is 5.76 Å². The summed E-state index contributed by atoms with van der Waals surface area (Å²) < 4.78 is 0. The van der Waals surface area contributed by atoms with Gasteiger partial charge in [-0.05, 0) is 42.2 Å². The lowest BCUT2D eigenvalue weighted by Gasteiger charge is -2.47. The number of aryl methyl sites for hydroxylation is 1. The van der Waals surface area contributed by atoms with Gasteiger partial charge in [-0.1, -0.05) is 77.8 Å². The van der Waals surface area contributed by atoms with Crippen molar-refractivity contribution in [3.05, 3.63) is 76.2 Å². The summed E-state index contributed by atoms with van der Waals surface area (Å²) in [6.07, 6.45) is 8.71. The second-order valence-corrected chi connectivity index (χ2v) is 9.34. The van der Waals surface area contributed by atoms with Gasteiger partial charge in [-0.2, -0.15) is 0 Å². The summed E-state index contributed by atoms with van der Waals surface area (Å²) >= 11 is 6.37. The number of hydrogen-bond acceptors (Lipinski definition) is 3. The minimum absolute atomic E-state index is 0.00594. The maximum Gasteiger partial charge on any atom is 0.117 e. The first-order valence-electron chi connectivity index (χ1n) is 10.8. The molecule has 1 aromatic rings. The molecule has 2 aliphatic rings. The van der Waals surface area contributed by atoms with Crippen LogP contribution in [-0.4, -0.2) is 27.8 Å². The van der Waals surface area contributed by atoms with Crippen LogP contribution in [0.4, 0.5) is 0 Å². The summed E-state index contributed by atoms with van der Waals surface area (Å²) in [7, 11) is 0. The summed E-state index contributed by atoms with van der Waals surface area (Å²) in [4.78, 5) is 2.12. The first-order valence-corrected chi connectivity index (χ1v) is 11.1. The van der Waals surface area contributed by atoms with Gasteiger partial charge in [0.15, 0.2) is 0 Å². The molecule has 0 aromatic heterocycles. The molecule has 30 heavy (non-hydrogen) atoms. The number of aliphatic hydroxyl groups is 2. The Balaban J connectivity index is 0.000000575. The van der Waals surface area contributed by atoms with Crippen molar-refractivity contribution in [2.45, 2.75) is 66.3 Å². The number of allylic oxidation sites excluding steroid dienone is 2. The van der Waals surface area contributed by atoms with Crippen molar-refractivity contribution < 1.29 is 10.2 Å². The molecule has 0 spiro atoms. The Labute approximate surface area is 187 Å². The molecule has 4 heteroatoms. The van der Waals surface area contributed by atoms with Crippen LogP contribution in [0.5, 0.6) is 0 Å². The third kappa shape index (κ3) is 5.01. The lowest BCUT2D eigenvalue weighted by Crippen LogP contribution is -2.48. The fourth-order valence-corrected chi connectivity index (χ4v) is 4.07. The van der Waals surface area contributed by atoms with Crippen molar-refractivity contribution in [2.75, 3.05) is 6.61 Å². The van der Waals surface area contributed by atoms with E-state index in [9.17, 15) is 10.2 Å². The van der Waals surface area contributed by atoms with Crippen molar-refractivity contribution >= 4 is 17.3 Å². The van der Waals surface area contributed by atoms with Crippen molar-refractivity contribution in [1.82, 2.24) is 4.90 Å². The Hall–Kier alpha value is -1.97. The number of aliphatic hydroxyl groups excluding tert-OH is 2. The maximum atomic E-state index is 9.94. The van der Waals surface area contributed by atoms with E-state index in [2.05, 4.69) is 38.0 Å². The van der Waals surface area contributed by atoms with Gasteiger partial charge in [0.2, 0.25) is 0 Å². The minimum Gasteiger partial charge on any atom is -0.508 e. The van der Waals surface area contributed by atoms with Crippen LogP contribution in [0.3, 0.4) is 0 Å². The Morgan fingerprint density at radius 2 is 1.90 bits per heavy atom. The number of fused-ring (bicyclic) bond motifs is 3. The van der Waals surface area contributed by atoms with Crippen LogP contribution >= 0.6 is 11.6 Å². The first-order chi connectivity index (χ1) is 14.1. The van der Waals surface area contributed by atoms with Crippen LogP contribution < -0.4 is 0 Å². The summed E-state index contributed by atoms with van der Waals surface area (Å²) in [5, 5.41) is 20.6. The quantitative estimate of drug-likeness (QED) is 0.497. The second kappa shape index (κ2) is 9.89. The van der Waals surface area contributed by atoms with Gasteiger partial charge in [0, 0.05) is 39.5 Å². The number of nitrogens with zero attached hydrogens (tertiary/aromatic N) is 1. The van der Waals surface area contributed by atoms with Gasteiger partial charge < -0.3 is 15.1 Å². The number of unbranched alkanes of at least 4 members (excludes halogenated alkanes) is 2. The van der Waals surface area contributed by atoms with E-state index in [4.69, 9.17) is 11.6 Å². The summed E-state index contributed by atoms with van der Waals surface area (Å²) in [5.41, 5.74) is 5.31. The van der Waals surface area contributed by atoms with Crippen LogP contribution in [-0.2, 0) is 6.42 Å². The van der Waals surface area contributed by atoms with Crippen LogP contribution in [0.15, 0.2) is 54.5 Å². The Morgan fingerprint density at radius 1 is 1.27 bits per heavy atom. The molecule has 2 aliphatic heterocycles. The Morgan fingerprint density at radius 3 is 2.40 bits per heavy atom. The van der Waals surface area contributed by atoms with Crippen molar-refractivity contribution in [3.8, 4) is 0 Å². The smallest absolute Gasteiger partial charge is 0.117 e. The molecular weight excluding hydrogens is 394 g/mol. The third-order valence-electron chi connectivity index (χ3n) is 5.94. The molecule has 1 aromatic carbocycles. The molecule has 0 fully saturated rings. The molecule has 1 unspecified atom stereocenters. The van der Waals surface area contributed by atoms with E-state index in [1.54, 1.807) is 0 Å². The second-order valence-electron chi connectivity index (χ2n) is 8.93. The SMILES string of the molecule is C=C(O)C1=CN2C(=CC1=C)c1cc(Cl)c(C)cc1CC2C(C)(C)CO.CCCCC. The third-order valence-corrected chi connectivity index (χ3v) is 6.35. The molecule has 0 amide bonds. The summed E-state index contributed by atoms with van der Waals surface area (Å²) in [6.45, 7) is 18.3. The van der Waals surface area contributed by atoms with E-state index >= 15 is 0 Å². The van der Waals surface area contributed by atoms with Gasteiger partial charge in [0.05, 0.1) is 6.61 Å². The average Bonchev–Trinajstić information content (AvgIpc) is 2.69. The van der Waals surface area contributed by atoms with Crippen LogP contribution in [0.2, 0.25) is 5.02 Å². The van der Waals surface area contributed by atoms with Crippen LogP contribution in [0.25, 0.3) is 5.70 Å². The zero-order valence-corrected chi connectivity index (χ0v) is 19.8. The number of benzene rings is 1. The minimum atomic E-state index is -0.332. The highest BCUT2D eigenvalue weighted by atomic mass is 35.5. The average molecular weight is 430 g/mol. The molecule has 0 saturated heterocycles. The first kappa shape index (κ1) is 24.3. The largest absolute Gasteiger partial charge is 0.508 e. The molecule has 0 bridgehead atoms. The van der Waals surface area contributed by atoms with Gasteiger partial charge in [-0.3, -0.25) is 0 Å². The zero-order chi connectivity index (χ0) is 22.6. The molecule has 2 N–H and O–H groups in total. The molecule has 0 radical (unpaired) electrons. The monoisotopic (exact) mass is 429 g/mol. The lowest BCUT2D eigenvalue weighted by atomic mass is 9.75. The summed E-state index contributed by atoms with van der Waals surface area (Å²) in [5.74, 6) is -0.00594. The van der Waals surface area contributed by atoms with Gasteiger partial charge in [-0.15, -0.1) is 0 Å². The van der Waals surface area contributed by atoms with E-state index < -0.39 is 0 Å². The molecule has 1 atom stereocenters. The topological polar surface area (TPSA) is 43.7 Å². The predicted molar refractivity (Wildman–Crippen MR) is 129 cm³/mol. The Bertz CT molecular complexity index is 877. The normalized spacial score (nSPS) is 17.9. The van der Waals surface area contributed by atoms with Crippen molar-refractivity contribution in [3.63, 3.8) is 0 Å². The van der Waals surface area contributed by atoms with Crippen molar-refractivity contribution in [1.29, 1.82) is 0 Å². The van der Waals surface area contributed by atoms with Crippen molar-refractivity contribution in [2.24, 2.45) is 5.41 Å². The maximum absolute atomic E-state index is 9.94.